The van der Waals surface area contributed by atoms with Gasteiger partial charge in [0.25, 0.3) is 0 Å². The molecule has 27 heavy (non-hydrogen) atoms. The van der Waals surface area contributed by atoms with Crippen LogP contribution in [0.15, 0.2) is 53.5 Å². The lowest BCUT2D eigenvalue weighted by molar-refractivity contribution is 0.415. The number of rotatable bonds is 4. The number of ether oxygens (including phenoxy) is 1. The molecule has 1 saturated heterocycles. The molecule has 2 aromatic rings. The minimum absolute atomic E-state index is 0.616. The summed E-state index contributed by atoms with van der Waals surface area (Å²) in [7, 11) is 3.60. The zero-order valence-electron chi connectivity index (χ0n) is 16.2. The Bertz CT molecular complexity index is 819. The van der Waals surface area contributed by atoms with Gasteiger partial charge in [0.2, 0.25) is 0 Å². The predicted molar refractivity (Wildman–Crippen MR) is 112 cm³/mol. The van der Waals surface area contributed by atoms with E-state index in [1.807, 2.05) is 13.1 Å². The second-order valence-electron chi connectivity index (χ2n) is 7.26. The third-order valence-corrected chi connectivity index (χ3v) is 5.61. The first kappa shape index (κ1) is 17.7. The van der Waals surface area contributed by atoms with Gasteiger partial charge in [-0.3, -0.25) is 4.99 Å². The first-order valence-corrected chi connectivity index (χ1v) is 9.73. The summed E-state index contributed by atoms with van der Waals surface area (Å²) in [6.07, 6.45) is 2.28. The fourth-order valence-electron chi connectivity index (χ4n) is 4.13. The molecule has 0 aromatic heterocycles. The van der Waals surface area contributed by atoms with E-state index in [1.54, 1.807) is 7.11 Å². The van der Waals surface area contributed by atoms with Crippen LogP contribution in [0.25, 0.3) is 0 Å². The smallest absolute Gasteiger partial charge is 0.198 e. The van der Waals surface area contributed by atoms with Crippen LogP contribution in [0.4, 0.5) is 11.4 Å². The van der Waals surface area contributed by atoms with Crippen molar-refractivity contribution in [1.82, 2.24) is 5.32 Å². The van der Waals surface area contributed by atoms with E-state index in [2.05, 4.69) is 62.6 Å². The third-order valence-electron chi connectivity index (χ3n) is 5.61. The summed E-state index contributed by atoms with van der Waals surface area (Å²) >= 11 is 0. The van der Waals surface area contributed by atoms with Gasteiger partial charge in [-0.15, -0.1) is 0 Å². The van der Waals surface area contributed by atoms with E-state index in [-0.39, 0.29) is 0 Å². The zero-order valence-corrected chi connectivity index (χ0v) is 16.2. The first-order chi connectivity index (χ1) is 13.3. The lowest BCUT2D eigenvalue weighted by Crippen LogP contribution is -2.42. The molecule has 0 aliphatic carbocycles. The highest BCUT2D eigenvalue weighted by Gasteiger charge is 2.26. The third kappa shape index (κ3) is 3.72. The van der Waals surface area contributed by atoms with Crippen molar-refractivity contribution in [3.8, 4) is 5.75 Å². The summed E-state index contributed by atoms with van der Waals surface area (Å²) in [5.74, 6) is 2.52. The summed E-state index contributed by atoms with van der Waals surface area (Å²) in [5, 5.41) is 3.61. The maximum absolute atomic E-state index is 5.36. The van der Waals surface area contributed by atoms with Gasteiger partial charge in [0.05, 0.1) is 7.11 Å². The number of aliphatic imine (C=N–C) groups is 1. The molecule has 5 heteroatoms. The van der Waals surface area contributed by atoms with Crippen LogP contribution >= 0.6 is 0 Å². The van der Waals surface area contributed by atoms with Gasteiger partial charge in [0, 0.05) is 50.7 Å². The van der Waals surface area contributed by atoms with Crippen LogP contribution in [-0.4, -0.2) is 46.3 Å². The fraction of sp³-hybridized carbons (Fsp3) is 0.409. The van der Waals surface area contributed by atoms with Gasteiger partial charge in [-0.2, -0.15) is 0 Å². The second-order valence-corrected chi connectivity index (χ2v) is 7.26. The first-order valence-electron chi connectivity index (χ1n) is 9.73. The van der Waals surface area contributed by atoms with Crippen molar-refractivity contribution in [2.75, 3.05) is 50.1 Å². The minimum Gasteiger partial charge on any atom is -0.497 e. The molecule has 5 nitrogen and oxygen atoms in total. The van der Waals surface area contributed by atoms with Crippen LogP contribution in [0, 0.1) is 5.92 Å². The van der Waals surface area contributed by atoms with E-state index >= 15 is 0 Å². The highest BCUT2D eigenvalue weighted by atomic mass is 16.5. The lowest BCUT2D eigenvalue weighted by Gasteiger charge is -2.24. The molecule has 1 unspecified atom stereocenters. The quantitative estimate of drug-likeness (QED) is 0.668. The van der Waals surface area contributed by atoms with E-state index in [1.165, 1.54) is 23.4 Å². The average Bonchev–Trinajstić information content (AvgIpc) is 3.36. The summed E-state index contributed by atoms with van der Waals surface area (Å²) in [6.45, 7) is 4.10. The molecule has 2 aliphatic heterocycles. The highest BCUT2D eigenvalue weighted by molar-refractivity contribution is 5.97. The summed E-state index contributed by atoms with van der Waals surface area (Å²) < 4.78 is 5.36. The Kier molecular flexibility index (Phi) is 5.19. The van der Waals surface area contributed by atoms with Crippen molar-refractivity contribution in [3.63, 3.8) is 0 Å². The molecular formula is C22H28N4O. The number of methoxy groups -OCH3 is 1. The van der Waals surface area contributed by atoms with Crippen LogP contribution in [0.2, 0.25) is 0 Å². The molecule has 0 radical (unpaired) electrons. The lowest BCUT2D eigenvalue weighted by atomic mass is 10.1. The number of anilines is 2. The van der Waals surface area contributed by atoms with Crippen molar-refractivity contribution in [2.45, 2.75) is 12.8 Å². The van der Waals surface area contributed by atoms with Crippen molar-refractivity contribution < 1.29 is 4.74 Å². The maximum atomic E-state index is 5.36. The zero-order chi connectivity index (χ0) is 18.6. The van der Waals surface area contributed by atoms with Gasteiger partial charge < -0.3 is 19.9 Å². The summed E-state index contributed by atoms with van der Waals surface area (Å²) in [5.41, 5.74) is 3.94. The van der Waals surface area contributed by atoms with Crippen molar-refractivity contribution in [2.24, 2.45) is 10.9 Å². The molecule has 142 valence electrons. The van der Waals surface area contributed by atoms with E-state index in [9.17, 15) is 0 Å². The molecule has 2 aliphatic rings. The molecule has 0 spiro atoms. The number of hydrogen-bond donors (Lipinski definition) is 1. The van der Waals surface area contributed by atoms with Gasteiger partial charge >= 0.3 is 0 Å². The Hall–Kier alpha value is -2.69. The molecule has 1 atom stereocenters. The van der Waals surface area contributed by atoms with Crippen molar-refractivity contribution in [3.05, 3.63) is 54.1 Å². The van der Waals surface area contributed by atoms with Crippen molar-refractivity contribution in [1.29, 1.82) is 0 Å². The van der Waals surface area contributed by atoms with Gasteiger partial charge in [-0.25, -0.2) is 0 Å². The van der Waals surface area contributed by atoms with Gasteiger partial charge in [0.1, 0.15) is 5.75 Å². The average molecular weight is 364 g/mol. The van der Waals surface area contributed by atoms with Crippen LogP contribution in [0.5, 0.6) is 5.75 Å². The van der Waals surface area contributed by atoms with E-state index in [0.717, 1.165) is 44.3 Å². The molecule has 2 heterocycles. The number of para-hydroxylation sites is 1. The molecular weight excluding hydrogens is 336 g/mol. The standard InChI is InChI=1S/C22H28N4O/c1-23-22(26-13-11-18-6-3-4-9-21(18)26)24-15-17-10-12-25(16-17)19-7-5-8-20(14-19)27-2/h3-9,14,17H,10-13,15-16H2,1-2H3,(H,23,24). The Balaban J connectivity index is 1.35. The SMILES string of the molecule is CN=C(NCC1CCN(c2cccc(OC)c2)C1)N1CCc2ccccc21. The molecule has 0 saturated carbocycles. The Morgan fingerprint density at radius 1 is 1.19 bits per heavy atom. The normalized spacial score (nSPS) is 19.3. The number of benzene rings is 2. The number of nitrogens with one attached hydrogen (secondary N) is 1. The largest absolute Gasteiger partial charge is 0.497 e. The maximum Gasteiger partial charge on any atom is 0.198 e. The van der Waals surface area contributed by atoms with Gasteiger partial charge in [-0.1, -0.05) is 24.3 Å². The molecule has 4 rings (SSSR count). The predicted octanol–water partition coefficient (Wildman–Crippen LogP) is 3.16. The molecule has 2 aromatic carbocycles. The molecule has 1 N–H and O–H groups in total. The van der Waals surface area contributed by atoms with Crippen LogP contribution < -0.4 is 19.9 Å². The minimum atomic E-state index is 0.616. The number of fused-ring (bicyclic) bond motifs is 1. The van der Waals surface area contributed by atoms with Crippen LogP contribution in [0.1, 0.15) is 12.0 Å². The molecule has 0 amide bonds. The highest BCUT2D eigenvalue weighted by Crippen LogP contribution is 2.28. The van der Waals surface area contributed by atoms with E-state index in [4.69, 9.17) is 4.74 Å². The molecule has 1 fully saturated rings. The van der Waals surface area contributed by atoms with Gasteiger partial charge in [-0.05, 0) is 42.5 Å². The topological polar surface area (TPSA) is 40.1 Å². The monoisotopic (exact) mass is 364 g/mol. The van der Waals surface area contributed by atoms with Crippen LogP contribution in [0.3, 0.4) is 0 Å². The fourth-order valence-corrected chi connectivity index (χ4v) is 4.13. The second kappa shape index (κ2) is 7.91. The number of hydrogen-bond acceptors (Lipinski definition) is 3. The number of nitrogens with zero attached hydrogens (tertiary/aromatic N) is 3. The Labute approximate surface area is 161 Å². The van der Waals surface area contributed by atoms with E-state index < -0.39 is 0 Å². The summed E-state index contributed by atoms with van der Waals surface area (Å²) in [6, 6.07) is 17.0. The number of guanidine groups is 1. The summed E-state index contributed by atoms with van der Waals surface area (Å²) in [4.78, 5) is 9.29. The molecule has 0 bridgehead atoms. The van der Waals surface area contributed by atoms with Gasteiger partial charge in [0.15, 0.2) is 5.96 Å². The van der Waals surface area contributed by atoms with Crippen molar-refractivity contribution >= 4 is 17.3 Å². The van der Waals surface area contributed by atoms with Crippen LogP contribution in [-0.2, 0) is 6.42 Å². The Morgan fingerprint density at radius 2 is 2.07 bits per heavy atom. The van der Waals surface area contributed by atoms with E-state index in [0.29, 0.717) is 5.92 Å². The Morgan fingerprint density at radius 3 is 2.93 bits per heavy atom.